The minimum Gasteiger partial charge on any atom is -0.311 e. The molecule has 0 unspecified atom stereocenters. The summed E-state index contributed by atoms with van der Waals surface area (Å²) in [5, 5.41) is 0.462. The van der Waals surface area contributed by atoms with Crippen molar-refractivity contribution in [2.75, 3.05) is 0 Å². The third kappa shape index (κ3) is 3.12. The first-order chi connectivity index (χ1) is 15.6. The molecule has 1 aliphatic carbocycles. The van der Waals surface area contributed by atoms with Gasteiger partial charge in [0, 0.05) is 39.2 Å². The number of aryl methyl sites for hydroxylation is 1. The Hall–Kier alpha value is -3.40. The second-order valence-electron chi connectivity index (χ2n) is 7.64. The van der Waals surface area contributed by atoms with Crippen LogP contribution in [0.1, 0.15) is 31.8 Å². The van der Waals surface area contributed by atoms with E-state index in [0.717, 1.165) is 12.1 Å². The van der Waals surface area contributed by atoms with Crippen LogP contribution in [0, 0.1) is 0 Å². The summed E-state index contributed by atoms with van der Waals surface area (Å²) >= 11 is 3.43. The quantitative estimate of drug-likeness (QED) is 0.282. The Morgan fingerprint density at radius 1 is 0.939 bits per heavy atom. The molecule has 5 rings (SSSR count). The summed E-state index contributed by atoms with van der Waals surface area (Å²) in [6, 6.07) is 15.0. The highest BCUT2D eigenvalue weighted by Gasteiger charge is 2.33. The van der Waals surface area contributed by atoms with Crippen LogP contribution in [0.2, 0.25) is 0 Å². The van der Waals surface area contributed by atoms with E-state index in [2.05, 4.69) is 15.9 Å². The van der Waals surface area contributed by atoms with Gasteiger partial charge >= 0.3 is 0 Å². The van der Waals surface area contributed by atoms with Gasteiger partial charge in [-0.1, -0.05) is 52.3 Å². The molecule has 4 aromatic rings. The molecule has 0 saturated carbocycles. The fourth-order valence-electron chi connectivity index (χ4n) is 4.29. The topological polar surface area (TPSA) is 111 Å². The summed E-state index contributed by atoms with van der Waals surface area (Å²) in [6.45, 7) is 0. The van der Waals surface area contributed by atoms with E-state index in [1.54, 1.807) is 36.4 Å². The van der Waals surface area contributed by atoms with Crippen LogP contribution in [0.4, 0.5) is 0 Å². The van der Waals surface area contributed by atoms with Gasteiger partial charge in [0.25, 0.3) is 15.7 Å². The number of hydrogen-bond acceptors (Lipinski definition) is 5. The monoisotopic (exact) mass is 523 g/mol. The zero-order chi connectivity index (χ0) is 23.7. The number of ketones is 2. The van der Waals surface area contributed by atoms with Crippen molar-refractivity contribution in [2.45, 2.75) is 4.90 Å². The van der Waals surface area contributed by atoms with Crippen LogP contribution in [-0.2, 0) is 17.2 Å². The molecule has 0 fully saturated rings. The second-order valence-corrected chi connectivity index (χ2v) is 9.91. The molecule has 0 bridgehead atoms. The highest BCUT2D eigenvalue weighted by Crippen LogP contribution is 2.43. The lowest BCUT2D eigenvalue weighted by Crippen LogP contribution is -2.28. The number of carbonyl (C=O) groups is 2. The van der Waals surface area contributed by atoms with Crippen LogP contribution in [0.25, 0.3) is 22.0 Å². The maximum absolute atomic E-state index is 13.6. The molecule has 0 spiro atoms. The van der Waals surface area contributed by atoms with Crippen molar-refractivity contribution in [3.05, 3.63) is 97.7 Å². The number of carbonyl (C=O) groups excluding carboxylic acids is 2. The maximum atomic E-state index is 13.6. The zero-order valence-corrected chi connectivity index (χ0v) is 19.4. The van der Waals surface area contributed by atoms with Crippen LogP contribution in [0.5, 0.6) is 0 Å². The summed E-state index contributed by atoms with van der Waals surface area (Å²) in [5.74, 6) is -0.950. The number of pyridine rings is 1. The largest absolute Gasteiger partial charge is 0.311 e. The highest BCUT2D eigenvalue weighted by molar-refractivity contribution is 9.10. The predicted octanol–water partition coefficient (Wildman–Crippen LogP) is 3.99. The van der Waals surface area contributed by atoms with Crippen LogP contribution in [-0.4, -0.2) is 29.1 Å². The van der Waals surface area contributed by atoms with Gasteiger partial charge in [-0.3, -0.25) is 18.9 Å². The van der Waals surface area contributed by atoms with E-state index in [9.17, 15) is 27.4 Å². The van der Waals surface area contributed by atoms with E-state index in [1.807, 2.05) is 0 Å². The van der Waals surface area contributed by atoms with Gasteiger partial charge in [0.2, 0.25) is 0 Å². The van der Waals surface area contributed by atoms with E-state index in [1.165, 1.54) is 23.7 Å². The molecule has 3 aromatic carbocycles. The Morgan fingerprint density at radius 2 is 1.64 bits per heavy atom. The summed E-state index contributed by atoms with van der Waals surface area (Å²) in [6.07, 6.45) is 0. The molecule has 1 aliphatic rings. The van der Waals surface area contributed by atoms with E-state index in [-0.39, 0.29) is 16.9 Å². The normalized spacial score (nSPS) is 12.6. The first kappa shape index (κ1) is 21.4. The van der Waals surface area contributed by atoms with Crippen molar-refractivity contribution in [3.63, 3.8) is 0 Å². The second kappa shape index (κ2) is 7.31. The van der Waals surface area contributed by atoms with Crippen LogP contribution < -0.4 is 5.56 Å². The Labute approximate surface area is 196 Å². The number of aromatic nitrogens is 1. The molecule has 0 atom stereocenters. The van der Waals surface area contributed by atoms with E-state index < -0.39 is 26.4 Å². The first-order valence-corrected chi connectivity index (χ1v) is 12.0. The van der Waals surface area contributed by atoms with Crippen molar-refractivity contribution in [3.8, 4) is 11.1 Å². The lowest BCUT2D eigenvalue weighted by molar-refractivity contribution is 0.102. The Morgan fingerprint density at radius 3 is 2.33 bits per heavy atom. The van der Waals surface area contributed by atoms with Gasteiger partial charge in [-0.2, -0.15) is 8.42 Å². The Balaban J connectivity index is 1.95. The summed E-state index contributed by atoms with van der Waals surface area (Å²) in [7, 11) is -3.04. The molecule has 1 aromatic heterocycles. The summed E-state index contributed by atoms with van der Waals surface area (Å²) in [4.78, 5) is 40.0. The van der Waals surface area contributed by atoms with Gasteiger partial charge < -0.3 is 4.57 Å². The molecule has 0 saturated heterocycles. The van der Waals surface area contributed by atoms with Crippen molar-refractivity contribution in [1.29, 1.82) is 0 Å². The van der Waals surface area contributed by atoms with Gasteiger partial charge in [-0.05, 0) is 29.8 Å². The van der Waals surface area contributed by atoms with Crippen molar-refractivity contribution in [2.24, 2.45) is 7.05 Å². The van der Waals surface area contributed by atoms with Crippen LogP contribution in [0.3, 0.4) is 0 Å². The molecular formula is C24H14BrNO6S. The summed E-state index contributed by atoms with van der Waals surface area (Å²) < 4.78 is 34.4. The molecular weight excluding hydrogens is 510 g/mol. The molecule has 0 amide bonds. The standard InChI is InChI=1S/C24H14BrNO6S/c1-26-17-10-9-16(25)19-20(17)18(14-7-2-3-8-15(14)23(19)28)21(24(26)29)22(27)12-5-4-6-13(11-12)33(30,31)32/h2-11H,1H3,(H,30,31,32). The van der Waals surface area contributed by atoms with Crippen molar-refractivity contribution in [1.82, 2.24) is 4.57 Å². The highest BCUT2D eigenvalue weighted by atomic mass is 79.9. The minimum absolute atomic E-state index is 0.0799. The molecule has 1 heterocycles. The van der Waals surface area contributed by atoms with E-state index in [4.69, 9.17) is 0 Å². The smallest absolute Gasteiger partial charge is 0.294 e. The van der Waals surface area contributed by atoms with E-state index in [0.29, 0.717) is 37.6 Å². The average molecular weight is 524 g/mol. The minimum atomic E-state index is -4.55. The third-order valence-corrected chi connectivity index (χ3v) is 7.31. The number of halogens is 1. The predicted molar refractivity (Wildman–Crippen MR) is 125 cm³/mol. The number of nitrogens with zero attached hydrogens (tertiary/aromatic N) is 1. The lowest BCUT2D eigenvalue weighted by atomic mass is 9.80. The third-order valence-electron chi connectivity index (χ3n) is 5.80. The van der Waals surface area contributed by atoms with Crippen molar-refractivity contribution < 1.29 is 22.6 Å². The average Bonchev–Trinajstić information content (AvgIpc) is 2.79. The number of rotatable bonds is 3. The van der Waals surface area contributed by atoms with Crippen LogP contribution in [0.15, 0.2) is 74.8 Å². The van der Waals surface area contributed by atoms with Gasteiger partial charge in [-0.25, -0.2) is 0 Å². The number of fused-ring (bicyclic) bond motifs is 2. The molecule has 9 heteroatoms. The lowest BCUT2D eigenvalue weighted by Gasteiger charge is -2.24. The van der Waals surface area contributed by atoms with Gasteiger partial charge in [0.15, 0.2) is 11.6 Å². The maximum Gasteiger partial charge on any atom is 0.294 e. The van der Waals surface area contributed by atoms with Gasteiger partial charge in [0.1, 0.15) is 0 Å². The SMILES string of the molecule is Cn1c(=O)c(C(=O)c2cccc(S(=O)(=O)O)c2)c2c3c(c(Br)ccc31)C(=O)c1ccccc1-2. The molecule has 7 nitrogen and oxygen atoms in total. The fourth-order valence-corrected chi connectivity index (χ4v) is 5.32. The fraction of sp³-hybridized carbons (Fsp3) is 0.0417. The van der Waals surface area contributed by atoms with Crippen LogP contribution >= 0.6 is 15.9 Å². The molecule has 164 valence electrons. The van der Waals surface area contributed by atoms with Crippen molar-refractivity contribution >= 4 is 48.5 Å². The zero-order valence-electron chi connectivity index (χ0n) is 17.0. The van der Waals surface area contributed by atoms with Gasteiger partial charge in [0.05, 0.1) is 16.0 Å². The molecule has 1 N–H and O–H groups in total. The van der Waals surface area contributed by atoms with E-state index >= 15 is 0 Å². The summed E-state index contributed by atoms with van der Waals surface area (Å²) in [5.41, 5.74) is 1.11. The van der Waals surface area contributed by atoms with Gasteiger partial charge in [-0.15, -0.1) is 0 Å². The molecule has 33 heavy (non-hydrogen) atoms. The number of hydrogen-bond donors (Lipinski definition) is 1. The Bertz CT molecular complexity index is 1720. The first-order valence-electron chi connectivity index (χ1n) is 9.73. The number of benzene rings is 3. The Kier molecular flexibility index (Phi) is 4.75. The molecule has 0 radical (unpaired) electrons. The molecule has 0 aliphatic heterocycles.